The Hall–Kier alpha value is -3.11. The first kappa shape index (κ1) is 25.5. The van der Waals surface area contributed by atoms with Gasteiger partial charge in [0.15, 0.2) is 0 Å². The highest BCUT2D eigenvalue weighted by molar-refractivity contribution is 5.94. The molecule has 3 aromatic rings. The average molecular weight is 496 g/mol. The molecule has 1 aromatic heterocycles. The number of benzene rings is 2. The van der Waals surface area contributed by atoms with Crippen LogP contribution in [0.25, 0.3) is 10.9 Å². The first-order valence-corrected chi connectivity index (χ1v) is 10.6. The number of nitro benzene ring substituents is 1. The SMILES string of the molecule is Cc1cc(N[C@H](C)c2cc([N+](=O)[O-])cc(C(F)(F)F)c2)c2cc(N3CCNCC3)ccc2n1.Cl. The number of hydrogen-bond donors (Lipinski definition) is 2. The van der Waals surface area contributed by atoms with Crippen molar-refractivity contribution in [3.63, 3.8) is 0 Å². The van der Waals surface area contributed by atoms with E-state index in [9.17, 15) is 23.3 Å². The third kappa shape index (κ3) is 5.51. The number of rotatable bonds is 5. The number of nitro groups is 1. The van der Waals surface area contributed by atoms with Crippen molar-refractivity contribution in [2.45, 2.75) is 26.1 Å². The van der Waals surface area contributed by atoms with Crippen molar-refractivity contribution < 1.29 is 18.1 Å². The number of piperazine rings is 1. The van der Waals surface area contributed by atoms with Crippen molar-refractivity contribution in [2.24, 2.45) is 0 Å². The normalized spacial score (nSPS) is 15.0. The van der Waals surface area contributed by atoms with E-state index < -0.39 is 28.4 Å². The number of hydrogen-bond acceptors (Lipinski definition) is 6. The summed E-state index contributed by atoms with van der Waals surface area (Å²) in [5, 5.41) is 18.6. The molecular weight excluding hydrogens is 471 g/mol. The van der Waals surface area contributed by atoms with Crippen LogP contribution in [0.2, 0.25) is 0 Å². The number of nitrogens with zero attached hydrogens (tertiary/aromatic N) is 3. The fourth-order valence-corrected chi connectivity index (χ4v) is 4.06. The minimum absolute atomic E-state index is 0. The largest absolute Gasteiger partial charge is 0.416 e. The van der Waals surface area contributed by atoms with Gasteiger partial charge in [-0.05, 0) is 49.7 Å². The molecule has 1 aliphatic heterocycles. The molecule has 0 unspecified atom stereocenters. The summed E-state index contributed by atoms with van der Waals surface area (Å²) < 4.78 is 40.0. The van der Waals surface area contributed by atoms with Gasteiger partial charge in [-0.1, -0.05) is 0 Å². The highest BCUT2D eigenvalue weighted by Gasteiger charge is 2.33. The molecule has 1 saturated heterocycles. The lowest BCUT2D eigenvalue weighted by Crippen LogP contribution is -2.43. The first-order chi connectivity index (χ1) is 15.6. The summed E-state index contributed by atoms with van der Waals surface area (Å²) >= 11 is 0. The quantitative estimate of drug-likeness (QED) is 0.360. The van der Waals surface area contributed by atoms with Crippen LogP contribution in [0.1, 0.15) is 29.8 Å². The van der Waals surface area contributed by atoms with Crippen LogP contribution in [0.5, 0.6) is 0 Å². The molecule has 4 rings (SSSR count). The van der Waals surface area contributed by atoms with Crippen molar-refractivity contribution >= 4 is 40.4 Å². The standard InChI is InChI=1S/C23H24F3N5O2.ClH/c1-14-9-22(20-13-18(3-4-21(20)28-14)30-7-5-27-6-8-30)29-15(2)16-10-17(23(24,25)26)12-19(11-16)31(32)33;/h3-4,9-13,15,27H,5-8H2,1-2H3,(H,28,29);1H/t15-;/m1./s1. The van der Waals surface area contributed by atoms with E-state index in [-0.39, 0.29) is 18.0 Å². The third-order valence-electron chi connectivity index (χ3n) is 5.75. The van der Waals surface area contributed by atoms with E-state index in [0.29, 0.717) is 11.8 Å². The second-order valence-electron chi connectivity index (χ2n) is 8.18. The van der Waals surface area contributed by atoms with Crippen LogP contribution in [-0.2, 0) is 6.18 Å². The van der Waals surface area contributed by atoms with Gasteiger partial charge in [-0.25, -0.2) is 0 Å². The minimum Gasteiger partial charge on any atom is -0.378 e. The van der Waals surface area contributed by atoms with E-state index >= 15 is 0 Å². The van der Waals surface area contributed by atoms with Gasteiger partial charge in [0, 0.05) is 66.8 Å². The molecule has 2 N–H and O–H groups in total. The van der Waals surface area contributed by atoms with Crippen LogP contribution in [0, 0.1) is 17.0 Å². The third-order valence-corrected chi connectivity index (χ3v) is 5.75. The van der Waals surface area contributed by atoms with Gasteiger partial charge in [0.1, 0.15) is 0 Å². The lowest BCUT2D eigenvalue weighted by molar-refractivity contribution is -0.385. The molecule has 0 saturated carbocycles. The molecule has 0 aliphatic carbocycles. The maximum Gasteiger partial charge on any atom is 0.416 e. The molecule has 0 spiro atoms. The van der Waals surface area contributed by atoms with Crippen molar-refractivity contribution in [1.29, 1.82) is 0 Å². The number of anilines is 2. The summed E-state index contributed by atoms with van der Waals surface area (Å²) in [6.45, 7) is 7.05. The van der Waals surface area contributed by atoms with E-state index in [0.717, 1.165) is 54.5 Å². The van der Waals surface area contributed by atoms with Crippen LogP contribution in [0.15, 0.2) is 42.5 Å². The summed E-state index contributed by atoms with van der Waals surface area (Å²) in [7, 11) is 0. The Kier molecular flexibility index (Phi) is 7.52. The molecule has 34 heavy (non-hydrogen) atoms. The maximum absolute atomic E-state index is 13.3. The highest BCUT2D eigenvalue weighted by Crippen LogP contribution is 2.36. The second-order valence-corrected chi connectivity index (χ2v) is 8.18. The molecule has 1 aliphatic rings. The lowest BCUT2D eigenvalue weighted by Gasteiger charge is -2.30. The molecule has 182 valence electrons. The van der Waals surface area contributed by atoms with Gasteiger partial charge >= 0.3 is 6.18 Å². The van der Waals surface area contributed by atoms with Crippen molar-refractivity contribution in [3.05, 3.63) is 69.4 Å². The molecule has 1 atom stereocenters. The molecule has 11 heteroatoms. The Labute approximate surface area is 200 Å². The fraction of sp³-hybridized carbons (Fsp3) is 0.348. The minimum atomic E-state index is -4.68. The number of fused-ring (bicyclic) bond motifs is 1. The Balaban J connectivity index is 0.00000324. The van der Waals surface area contributed by atoms with Crippen molar-refractivity contribution in [1.82, 2.24) is 10.3 Å². The zero-order valence-electron chi connectivity index (χ0n) is 18.6. The van der Waals surface area contributed by atoms with E-state index in [2.05, 4.69) is 20.5 Å². The van der Waals surface area contributed by atoms with Gasteiger partial charge in [0.25, 0.3) is 5.69 Å². The first-order valence-electron chi connectivity index (χ1n) is 10.6. The maximum atomic E-state index is 13.3. The van der Waals surface area contributed by atoms with Crippen LogP contribution in [-0.4, -0.2) is 36.1 Å². The van der Waals surface area contributed by atoms with Gasteiger partial charge in [0.05, 0.1) is 16.0 Å². The van der Waals surface area contributed by atoms with Crippen molar-refractivity contribution in [2.75, 3.05) is 36.4 Å². The van der Waals surface area contributed by atoms with Crippen molar-refractivity contribution in [3.8, 4) is 0 Å². The Morgan fingerprint density at radius 1 is 1.15 bits per heavy atom. The average Bonchev–Trinajstić information content (AvgIpc) is 2.78. The molecule has 1 fully saturated rings. The topological polar surface area (TPSA) is 83.3 Å². The number of aromatic nitrogens is 1. The molecule has 0 amide bonds. The Morgan fingerprint density at radius 3 is 2.50 bits per heavy atom. The molecule has 2 aromatic carbocycles. The van der Waals surface area contributed by atoms with Gasteiger partial charge < -0.3 is 15.5 Å². The molecule has 2 heterocycles. The zero-order valence-corrected chi connectivity index (χ0v) is 19.5. The van der Waals surface area contributed by atoms with Crippen LogP contribution >= 0.6 is 12.4 Å². The summed E-state index contributed by atoms with van der Waals surface area (Å²) in [6.07, 6.45) is -4.68. The second kappa shape index (κ2) is 10.0. The number of alkyl halides is 3. The van der Waals surface area contributed by atoms with Crippen LogP contribution in [0.4, 0.5) is 30.2 Å². The predicted molar refractivity (Wildman–Crippen MR) is 129 cm³/mol. The van der Waals surface area contributed by atoms with Gasteiger partial charge in [0.2, 0.25) is 0 Å². The summed E-state index contributed by atoms with van der Waals surface area (Å²) in [6, 6.07) is 9.89. The monoisotopic (exact) mass is 495 g/mol. The van der Waals surface area contributed by atoms with E-state index in [1.165, 1.54) is 6.07 Å². The van der Waals surface area contributed by atoms with Gasteiger partial charge in [-0.15, -0.1) is 12.4 Å². The molecular formula is C23H25ClF3N5O2. The molecule has 7 nitrogen and oxygen atoms in total. The van der Waals surface area contributed by atoms with Crippen LogP contribution in [0.3, 0.4) is 0 Å². The summed E-state index contributed by atoms with van der Waals surface area (Å²) in [4.78, 5) is 17.3. The smallest absolute Gasteiger partial charge is 0.378 e. The summed E-state index contributed by atoms with van der Waals surface area (Å²) in [5.74, 6) is 0. The Bertz CT molecular complexity index is 1200. The summed E-state index contributed by atoms with van der Waals surface area (Å²) in [5.41, 5.74) is 1.81. The zero-order chi connectivity index (χ0) is 23.8. The van der Waals surface area contributed by atoms with Gasteiger partial charge in [-0.3, -0.25) is 15.1 Å². The van der Waals surface area contributed by atoms with E-state index in [4.69, 9.17) is 0 Å². The number of aryl methyl sites for hydroxylation is 1. The lowest BCUT2D eigenvalue weighted by atomic mass is 10.0. The van der Waals surface area contributed by atoms with E-state index in [1.807, 2.05) is 31.2 Å². The van der Waals surface area contributed by atoms with Crippen LogP contribution < -0.4 is 15.5 Å². The number of nitrogens with one attached hydrogen (secondary N) is 2. The number of non-ortho nitro benzene ring substituents is 1. The molecule has 0 bridgehead atoms. The fourth-order valence-electron chi connectivity index (χ4n) is 4.06. The highest BCUT2D eigenvalue weighted by atomic mass is 35.5. The predicted octanol–water partition coefficient (Wildman–Crippen LogP) is 5.47. The van der Waals surface area contributed by atoms with E-state index in [1.54, 1.807) is 6.92 Å². The number of halogens is 4. The molecule has 0 radical (unpaired) electrons. The van der Waals surface area contributed by atoms with Gasteiger partial charge in [-0.2, -0.15) is 13.2 Å². The number of pyridine rings is 1. The Morgan fingerprint density at radius 2 is 1.85 bits per heavy atom.